The van der Waals surface area contributed by atoms with Crippen molar-refractivity contribution < 1.29 is 14.4 Å². The molecule has 2 heterocycles. The van der Waals surface area contributed by atoms with Gasteiger partial charge in [-0.15, -0.1) is 0 Å². The minimum atomic E-state index is -1.03. The van der Waals surface area contributed by atoms with Gasteiger partial charge in [-0.05, 0) is 25.3 Å². The van der Waals surface area contributed by atoms with Crippen molar-refractivity contribution in [2.45, 2.75) is 32.7 Å². The zero-order valence-corrected chi connectivity index (χ0v) is 14.5. The number of hydrogen-bond acceptors (Lipinski definition) is 4. The van der Waals surface area contributed by atoms with E-state index < -0.39 is 5.41 Å². The fourth-order valence-corrected chi connectivity index (χ4v) is 3.47. The normalized spacial score (nSPS) is 20.7. The number of ketones is 1. The van der Waals surface area contributed by atoms with Crippen LogP contribution in [-0.2, 0) is 14.4 Å². The number of allylic oxidation sites excluding steroid dienone is 1. The monoisotopic (exact) mass is 341 g/mol. The summed E-state index contributed by atoms with van der Waals surface area (Å²) in [7, 11) is 0. The number of carbonyl (C=O) groups excluding carboxylic acids is 3. The number of carbonyl (C=O) groups is 3. The van der Waals surface area contributed by atoms with Crippen LogP contribution in [0.5, 0.6) is 0 Å². The molecule has 1 unspecified atom stereocenters. The molecule has 1 atom stereocenters. The maximum atomic E-state index is 12.7. The van der Waals surface area contributed by atoms with E-state index in [9.17, 15) is 14.4 Å². The summed E-state index contributed by atoms with van der Waals surface area (Å²) in [6.45, 7) is 4.35. The summed E-state index contributed by atoms with van der Waals surface area (Å²) < 4.78 is 0. The zero-order chi connectivity index (χ0) is 18.0. The van der Waals surface area contributed by atoms with Crippen molar-refractivity contribution in [3.8, 4) is 0 Å². The lowest BCUT2D eigenvalue weighted by atomic mass is 9.72. The zero-order valence-electron chi connectivity index (χ0n) is 14.5. The molecule has 0 bridgehead atoms. The van der Waals surface area contributed by atoms with Gasteiger partial charge in [-0.3, -0.25) is 14.4 Å². The van der Waals surface area contributed by atoms with Crippen molar-refractivity contribution in [1.29, 1.82) is 0 Å². The minimum absolute atomic E-state index is 0.0203. The molecule has 3 rings (SSSR count). The molecule has 0 aromatic heterocycles. The van der Waals surface area contributed by atoms with E-state index >= 15 is 0 Å². The Hall–Kier alpha value is -2.63. The molecular weight excluding hydrogens is 318 g/mol. The number of rotatable bonds is 3. The third kappa shape index (κ3) is 3.29. The van der Waals surface area contributed by atoms with Crippen LogP contribution in [0.25, 0.3) is 0 Å². The number of hydrogen-bond donors (Lipinski definition) is 2. The molecule has 0 saturated carbocycles. The van der Waals surface area contributed by atoms with Gasteiger partial charge in [0.2, 0.25) is 11.8 Å². The number of nitrogens with zero attached hydrogens (tertiary/aromatic N) is 1. The molecule has 2 amide bonds. The van der Waals surface area contributed by atoms with E-state index in [-0.39, 0.29) is 23.6 Å². The third-order valence-corrected chi connectivity index (χ3v) is 5.16. The quantitative estimate of drug-likeness (QED) is 0.817. The number of amides is 2. The van der Waals surface area contributed by atoms with E-state index in [1.54, 1.807) is 4.90 Å². The maximum Gasteiger partial charge on any atom is 0.239 e. The molecule has 1 fully saturated rings. The molecular formula is C19H23N3O3. The van der Waals surface area contributed by atoms with Crippen LogP contribution in [0.15, 0.2) is 42.2 Å². The van der Waals surface area contributed by atoms with E-state index in [4.69, 9.17) is 0 Å². The number of benzene rings is 1. The van der Waals surface area contributed by atoms with Crippen molar-refractivity contribution in [2.75, 3.05) is 13.1 Å². The highest BCUT2D eigenvalue weighted by Crippen LogP contribution is 2.36. The minimum Gasteiger partial charge on any atom is -0.365 e. The molecule has 6 heteroatoms. The summed E-state index contributed by atoms with van der Waals surface area (Å²) in [6.07, 6.45) is 2.23. The van der Waals surface area contributed by atoms with Crippen molar-refractivity contribution in [2.24, 2.45) is 5.41 Å². The van der Waals surface area contributed by atoms with Crippen LogP contribution in [-0.4, -0.2) is 35.6 Å². The topological polar surface area (TPSA) is 78.5 Å². The lowest BCUT2D eigenvalue weighted by molar-refractivity contribution is -0.147. The molecule has 2 aliphatic heterocycles. The summed E-state index contributed by atoms with van der Waals surface area (Å²) in [5, 5.41) is 6.03. The summed E-state index contributed by atoms with van der Waals surface area (Å²) in [4.78, 5) is 38.5. The summed E-state index contributed by atoms with van der Waals surface area (Å²) in [5.41, 5.74) is 0.0350. The van der Waals surface area contributed by atoms with Crippen LogP contribution in [0.1, 0.15) is 38.3 Å². The van der Waals surface area contributed by atoms with E-state index in [0.717, 1.165) is 5.56 Å². The van der Waals surface area contributed by atoms with Gasteiger partial charge in [-0.2, -0.15) is 0 Å². The Morgan fingerprint density at radius 3 is 2.40 bits per heavy atom. The molecule has 1 aromatic carbocycles. The van der Waals surface area contributed by atoms with Crippen LogP contribution < -0.4 is 10.6 Å². The number of likely N-dealkylation sites (tertiary alicyclic amines) is 1. The van der Waals surface area contributed by atoms with Gasteiger partial charge in [-0.25, -0.2) is 0 Å². The largest absolute Gasteiger partial charge is 0.365 e. The molecule has 1 spiro atoms. The summed E-state index contributed by atoms with van der Waals surface area (Å²) >= 11 is 0. The van der Waals surface area contributed by atoms with Crippen LogP contribution in [0.4, 0.5) is 0 Å². The van der Waals surface area contributed by atoms with Crippen LogP contribution >= 0.6 is 0 Å². The van der Waals surface area contributed by atoms with Gasteiger partial charge in [0.25, 0.3) is 0 Å². The predicted molar refractivity (Wildman–Crippen MR) is 93.1 cm³/mol. The average Bonchev–Trinajstić information content (AvgIpc) is 2.61. The summed E-state index contributed by atoms with van der Waals surface area (Å²) in [6, 6.07) is 9.79. The first-order chi connectivity index (χ1) is 11.9. The van der Waals surface area contributed by atoms with E-state index in [1.165, 1.54) is 13.0 Å². The lowest BCUT2D eigenvalue weighted by Gasteiger charge is -2.40. The SMILES string of the molecule is CC(=O)N1CCC2(CC1)C(=O)C=C(NC(C)c1ccccc1)NC2=O. The molecule has 0 radical (unpaired) electrons. The van der Waals surface area contributed by atoms with E-state index in [2.05, 4.69) is 10.6 Å². The lowest BCUT2D eigenvalue weighted by Crippen LogP contribution is -2.56. The van der Waals surface area contributed by atoms with E-state index in [1.807, 2.05) is 37.3 Å². The first-order valence-electron chi connectivity index (χ1n) is 8.57. The Morgan fingerprint density at radius 1 is 1.20 bits per heavy atom. The second kappa shape index (κ2) is 6.70. The van der Waals surface area contributed by atoms with Gasteiger partial charge >= 0.3 is 0 Å². The van der Waals surface area contributed by atoms with Gasteiger partial charge in [0, 0.05) is 32.1 Å². The fraction of sp³-hybridized carbons (Fsp3) is 0.421. The Bertz CT molecular complexity index is 719. The highest BCUT2D eigenvalue weighted by Gasteiger charge is 2.49. The second-order valence-electron chi connectivity index (χ2n) is 6.74. The van der Waals surface area contributed by atoms with Gasteiger partial charge in [-0.1, -0.05) is 30.3 Å². The van der Waals surface area contributed by atoms with Crippen molar-refractivity contribution in [1.82, 2.24) is 15.5 Å². The standard InChI is InChI=1S/C19H23N3O3/c1-13(15-6-4-3-5-7-15)20-17-12-16(24)19(18(25)21-17)8-10-22(11-9-19)14(2)23/h3-7,12-13,20H,8-11H2,1-2H3,(H,21,25). The van der Waals surface area contributed by atoms with Gasteiger partial charge in [0.1, 0.15) is 11.2 Å². The molecule has 6 nitrogen and oxygen atoms in total. The molecule has 132 valence electrons. The molecule has 1 saturated heterocycles. The molecule has 2 aliphatic rings. The molecule has 25 heavy (non-hydrogen) atoms. The first-order valence-corrected chi connectivity index (χ1v) is 8.57. The highest BCUT2D eigenvalue weighted by molar-refractivity contribution is 6.14. The van der Waals surface area contributed by atoms with E-state index in [0.29, 0.717) is 31.8 Å². The number of piperidine rings is 1. The smallest absolute Gasteiger partial charge is 0.239 e. The number of nitrogens with one attached hydrogen (secondary N) is 2. The van der Waals surface area contributed by atoms with Gasteiger partial charge in [0.05, 0.1) is 0 Å². The Balaban J connectivity index is 1.72. The molecule has 2 N–H and O–H groups in total. The Labute approximate surface area is 147 Å². The van der Waals surface area contributed by atoms with Crippen molar-refractivity contribution in [3.63, 3.8) is 0 Å². The maximum absolute atomic E-state index is 12.7. The fourth-order valence-electron chi connectivity index (χ4n) is 3.47. The molecule has 0 aliphatic carbocycles. The predicted octanol–water partition coefficient (Wildman–Crippen LogP) is 1.51. The average molecular weight is 341 g/mol. The van der Waals surface area contributed by atoms with Crippen LogP contribution in [0.3, 0.4) is 0 Å². The Kier molecular flexibility index (Phi) is 4.61. The van der Waals surface area contributed by atoms with Crippen LogP contribution in [0.2, 0.25) is 0 Å². The summed E-state index contributed by atoms with van der Waals surface area (Å²) in [5.74, 6) is -0.0350. The van der Waals surface area contributed by atoms with Crippen molar-refractivity contribution in [3.05, 3.63) is 47.8 Å². The van der Waals surface area contributed by atoms with Gasteiger partial charge < -0.3 is 15.5 Å². The molecule has 1 aromatic rings. The Morgan fingerprint density at radius 2 is 1.84 bits per heavy atom. The highest BCUT2D eigenvalue weighted by atomic mass is 16.2. The van der Waals surface area contributed by atoms with Crippen LogP contribution in [0, 0.1) is 5.41 Å². The third-order valence-electron chi connectivity index (χ3n) is 5.16. The van der Waals surface area contributed by atoms with Crippen molar-refractivity contribution >= 4 is 17.6 Å². The first kappa shape index (κ1) is 17.2. The second-order valence-corrected chi connectivity index (χ2v) is 6.74. The van der Waals surface area contributed by atoms with Gasteiger partial charge in [0.15, 0.2) is 5.78 Å².